The van der Waals surface area contributed by atoms with Crippen molar-refractivity contribution in [1.29, 1.82) is 0 Å². The van der Waals surface area contributed by atoms with E-state index in [4.69, 9.17) is 0 Å². The van der Waals surface area contributed by atoms with Crippen LogP contribution in [0.25, 0.3) is 0 Å². The van der Waals surface area contributed by atoms with Crippen molar-refractivity contribution in [2.24, 2.45) is 0 Å². The minimum absolute atomic E-state index is 0. The Balaban J connectivity index is 0.000000980. The van der Waals surface area contributed by atoms with E-state index < -0.39 is 0 Å². The molecule has 0 aliphatic heterocycles. The molecule has 0 aromatic carbocycles. The van der Waals surface area contributed by atoms with Crippen molar-refractivity contribution in [2.45, 2.75) is 20.3 Å². The molecule has 1 heterocycles. The largest absolute Gasteiger partial charge is 1.00 e. The van der Waals surface area contributed by atoms with Gasteiger partial charge in [0.25, 0.3) is 0 Å². The number of hydrogen-bond donors (Lipinski definition) is 1. The quantitative estimate of drug-likeness (QED) is 0.534. The van der Waals surface area contributed by atoms with Gasteiger partial charge in [-0.2, -0.15) is 0 Å². The van der Waals surface area contributed by atoms with Crippen LogP contribution in [0.5, 0.6) is 0 Å². The third-order valence-electron chi connectivity index (χ3n) is 2.46. The summed E-state index contributed by atoms with van der Waals surface area (Å²) >= 11 is -0.0724. The van der Waals surface area contributed by atoms with E-state index in [-0.39, 0.29) is 44.0 Å². The van der Waals surface area contributed by atoms with Crippen LogP contribution in [0.3, 0.4) is 0 Å². The van der Waals surface area contributed by atoms with Gasteiger partial charge in [-0.25, -0.2) is 0 Å². The van der Waals surface area contributed by atoms with Crippen LogP contribution >= 0.6 is 0 Å². The zero-order valence-electron chi connectivity index (χ0n) is 8.77. The fourth-order valence-electron chi connectivity index (χ4n) is 1.42. The summed E-state index contributed by atoms with van der Waals surface area (Å²) in [5.41, 5.74) is 2.86. The van der Waals surface area contributed by atoms with E-state index >= 15 is 0 Å². The van der Waals surface area contributed by atoms with E-state index in [0.29, 0.717) is 0 Å². The van der Waals surface area contributed by atoms with Crippen LogP contribution in [0.2, 0.25) is 0 Å². The van der Waals surface area contributed by atoms with Crippen molar-refractivity contribution in [3.63, 3.8) is 0 Å². The maximum atomic E-state index is 3.39. The molecule has 0 unspecified atom stereocenters. The van der Waals surface area contributed by atoms with Gasteiger partial charge >= 0.3 is 87.8 Å². The number of aromatic amines is 1. The summed E-state index contributed by atoms with van der Waals surface area (Å²) in [5.74, 6) is 0. The Hall–Kier alpha value is 0.0543. The molecule has 1 aliphatic rings. The normalized spacial score (nSPS) is 12.5. The van der Waals surface area contributed by atoms with Crippen LogP contribution in [-0.4, -0.2) is 4.98 Å². The van der Waals surface area contributed by atoms with Gasteiger partial charge in [0.05, 0.1) is 0 Å². The Morgan fingerprint density at radius 1 is 1.27 bits per heavy atom. The molecular formula is C11H13Cl2NTi. The van der Waals surface area contributed by atoms with Gasteiger partial charge in [0.1, 0.15) is 0 Å². The van der Waals surface area contributed by atoms with Gasteiger partial charge in [-0.15, -0.1) is 0 Å². The summed E-state index contributed by atoms with van der Waals surface area (Å²) in [4.78, 5) is 3.39. The first kappa shape index (κ1) is 15.1. The van der Waals surface area contributed by atoms with Crippen molar-refractivity contribution < 1.29 is 44.0 Å². The van der Waals surface area contributed by atoms with E-state index in [1.165, 1.54) is 21.5 Å². The molecule has 1 aromatic rings. The van der Waals surface area contributed by atoms with E-state index in [0.717, 1.165) is 0 Å². The smallest absolute Gasteiger partial charge is 1.00 e. The van der Waals surface area contributed by atoms with Crippen molar-refractivity contribution >= 4 is 4.00 Å². The number of nitrogens with one attached hydrogen (secondary N) is 1. The van der Waals surface area contributed by atoms with Gasteiger partial charge in [0.15, 0.2) is 0 Å². The van der Waals surface area contributed by atoms with Gasteiger partial charge in [-0.3, -0.25) is 0 Å². The molecule has 0 spiro atoms. The van der Waals surface area contributed by atoms with Gasteiger partial charge < -0.3 is 24.8 Å². The summed E-state index contributed by atoms with van der Waals surface area (Å²) in [6.45, 7) is 4.39. The summed E-state index contributed by atoms with van der Waals surface area (Å²) in [7, 11) is 0. The Kier molecular flexibility index (Phi) is 6.62. The van der Waals surface area contributed by atoms with E-state index in [2.05, 4.69) is 43.3 Å². The van der Waals surface area contributed by atoms with Crippen molar-refractivity contribution in [1.82, 2.24) is 4.98 Å². The summed E-state index contributed by atoms with van der Waals surface area (Å²) in [6.07, 6.45) is 9.98. The molecule has 1 N–H and O–H groups in total. The third kappa shape index (κ3) is 3.53. The minimum Gasteiger partial charge on any atom is -1.00 e. The Labute approximate surface area is 112 Å². The molecule has 0 bridgehead atoms. The van der Waals surface area contributed by atoms with E-state index in [1.54, 1.807) is 3.88 Å². The second kappa shape index (κ2) is 6.60. The molecule has 1 aliphatic carbocycles. The number of rotatable bonds is 2. The molecule has 1 aromatic heterocycles. The molecule has 0 fully saturated rings. The molecule has 2 rings (SSSR count). The monoisotopic (exact) mass is 277 g/mol. The Bertz CT molecular complexity index is 380. The number of H-pyrrole nitrogens is 1. The maximum absolute atomic E-state index is 3.39. The van der Waals surface area contributed by atoms with Crippen molar-refractivity contribution in [3.05, 3.63) is 39.4 Å². The molecule has 1 nitrogen and oxygen atoms in total. The SMILES string of the molecule is Cc1c[nH][c]([Ti+2][C]2=CC=CC2)c1C.[Cl-].[Cl-]. The van der Waals surface area contributed by atoms with Crippen molar-refractivity contribution in [2.75, 3.05) is 0 Å². The fourth-order valence-corrected chi connectivity index (χ4v) is 3.38. The fraction of sp³-hybridized carbons (Fsp3) is 0.273. The molecule has 80 valence electrons. The molecule has 15 heavy (non-hydrogen) atoms. The van der Waals surface area contributed by atoms with Crippen LogP contribution in [0.1, 0.15) is 17.5 Å². The van der Waals surface area contributed by atoms with Gasteiger partial charge in [-0.05, 0) is 0 Å². The summed E-state index contributed by atoms with van der Waals surface area (Å²) in [6, 6.07) is 0. The van der Waals surface area contributed by atoms with Crippen LogP contribution in [0, 0.1) is 13.8 Å². The van der Waals surface area contributed by atoms with Crippen LogP contribution < -0.4 is 28.8 Å². The molecule has 0 radical (unpaired) electrons. The third-order valence-corrected chi connectivity index (χ3v) is 4.74. The van der Waals surface area contributed by atoms with Crippen LogP contribution in [0.4, 0.5) is 0 Å². The van der Waals surface area contributed by atoms with Gasteiger partial charge in [-0.1, -0.05) is 0 Å². The average molecular weight is 278 g/mol. The molecule has 0 atom stereocenters. The zero-order valence-corrected chi connectivity index (χ0v) is 11.8. The number of halogens is 2. The predicted molar refractivity (Wildman–Crippen MR) is 51.7 cm³/mol. The standard InChI is InChI=1S/C6H8N.C5H5.2ClH.Ti/c1-5-3-7-4-6(5)2;1-2-4-5-3-1;;;/h3,7H,1-2H3;1-3H,4H2;2*1H;/q;;;;+2/p-2. The van der Waals surface area contributed by atoms with Gasteiger partial charge in [0.2, 0.25) is 0 Å². The Morgan fingerprint density at radius 3 is 2.47 bits per heavy atom. The second-order valence-electron chi connectivity index (χ2n) is 3.42. The molecule has 0 saturated heterocycles. The predicted octanol–water partition coefficient (Wildman–Crippen LogP) is -3.81. The summed E-state index contributed by atoms with van der Waals surface area (Å²) < 4.78 is 3.12. The van der Waals surface area contributed by atoms with Crippen molar-refractivity contribution in [3.8, 4) is 0 Å². The van der Waals surface area contributed by atoms with Crippen LogP contribution in [-0.2, 0) is 19.2 Å². The number of hydrogen-bond acceptors (Lipinski definition) is 0. The second-order valence-corrected chi connectivity index (χ2v) is 5.59. The van der Waals surface area contributed by atoms with Gasteiger partial charge in [0, 0.05) is 0 Å². The molecule has 0 amide bonds. The van der Waals surface area contributed by atoms with Crippen LogP contribution in [0.15, 0.2) is 28.3 Å². The molecular weight excluding hydrogens is 265 g/mol. The maximum Gasteiger partial charge on any atom is -1.00 e. The Morgan fingerprint density at radius 2 is 2.00 bits per heavy atom. The average Bonchev–Trinajstić information content (AvgIpc) is 2.71. The number of allylic oxidation sites excluding steroid dienone is 4. The van der Waals surface area contributed by atoms with E-state index in [1.807, 2.05) is 0 Å². The van der Waals surface area contributed by atoms with E-state index in [9.17, 15) is 0 Å². The first-order chi connectivity index (χ1) is 6.27. The number of aromatic nitrogens is 1. The molecule has 4 heteroatoms. The molecule has 0 saturated carbocycles. The zero-order chi connectivity index (χ0) is 9.26. The minimum atomic E-state index is -0.0724. The summed E-state index contributed by atoms with van der Waals surface area (Å²) in [5, 5.41) is 0. The first-order valence-electron chi connectivity index (χ1n) is 4.54. The topological polar surface area (TPSA) is 15.8 Å². The first-order valence-corrected chi connectivity index (χ1v) is 6.11. The number of aryl methyl sites for hydroxylation is 1.